The molecule has 1 aliphatic rings. The van der Waals surface area contributed by atoms with E-state index in [1.807, 2.05) is 77.8 Å². The monoisotopic (exact) mass is 544 g/mol. The Balaban J connectivity index is 1.33. The second-order valence-corrected chi connectivity index (χ2v) is 9.55. The highest BCUT2D eigenvalue weighted by Gasteiger charge is 2.48. The van der Waals surface area contributed by atoms with Crippen molar-refractivity contribution in [3.63, 3.8) is 0 Å². The molecular weight excluding hydrogens is 516 g/mol. The van der Waals surface area contributed by atoms with Crippen LogP contribution in [0, 0.1) is 0 Å². The lowest BCUT2D eigenvalue weighted by Crippen LogP contribution is -2.52. The van der Waals surface area contributed by atoms with Gasteiger partial charge in [-0.1, -0.05) is 72.8 Å². The van der Waals surface area contributed by atoms with Crippen molar-refractivity contribution >= 4 is 22.6 Å². The number of carbonyl (C=O) groups excluding carboxylic acids is 2. The highest BCUT2D eigenvalue weighted by atomic mass is 16.6. The lowest BCUT2D eigenvalue weighted by atomic mass is 10.0. The zero-order valence-corrected chi connectivity index (χ0v) is 21.3. The number of nitrogens with zero attached hydrogens (tertiary/aromatic N) is 1. The Morgan fingerprint density at radius 1 is 0.925 bits per heavy atom. The Labute approximate surface area is 228 Å². The predicted octanol–water partition coefficient (Wildman–Crippen LogP) is 0.353. The number of hydrogen-bond acceptors (Lipinski definition) is 7. The van der Waals surface area contributed by atoms with E-state index >= 15 is 0 Å². The largest absolute Gasteiger partial charge is 0.387 e. The minimum atomic E-state index is -1.69. The molecular formula is C29H28N4O7. The summed E-state index contributed by atoms with van der Waals surface area (Å²) in [6.07, 6.45) is -5.10. The minimum absolute atomic E-state index is 0.155. The van der Waals surface area contributed by atoms with E-state index in [-0.39, 0.29) is 13.0 Å². The molecule has 0 unspecified atom stereocenters. The molecule has 40 heavy (non-hydrogen) atoms. The number of amides is 2. The molecule has 5 rings (SSSR count). The molecule has 1 aromatic heterocycles. The van der Waals surface area contributed by atoms with E-state index in [4.69, 9.17) is 4.74 Å². The van der Waals surface area contributed by atoms with Gasteiger partial charge in [0.05, 0.1) is 0 Å². The van der Waals surface area contributed by atoms with Gasteiger partial charge in [-0.05, 0) is 21.9 Å². The molecule has 2 amide bonds. The minimum Gasteiger partial charge on any atom is -0.387 e. The number of nitrogens with one attached hydrogen (secondary N) is 3. The van der Waals surface area contributed by atoms with Crippen LogP contribution in [0.15, 0.2) is 94.6 Å². The number of fused-ring (bicyclic) bond motifs is 1. The first-order valence-corrected chi connectivity index (χ1v) is 12.7. The van der Waals surface area contributed by atoms with E-state index in [0.717, 1.165) is 38.7 Å². The van der Waals surface area contributed by atoms with Crippen LogP contribution in [0.1, 0.15) is 17.4 Å². The topological polar surface area (TPSA) is 163 Å². The first kappa shape index (κ1) is 27.0. The molecule has 1 saturated heterocycles. The third-order valence-electron chi connectivity index (χ3n) is 6.87. The number of aromatic nitrogens is 2. The van der Waals surface area contributed by atoms with Gasteiger partial charge in [0.25, 0.3) is 11.5 Å². The van der Waals surface area contributed by atoms with Crippen molar-refractivity contribution in [1.82, 2.24) is 20.2 Å². The summed E-state index contributed by atoms with van der Waals surface area (Å²) in [6.45, 7) is 0.222. The lowest BCUT2D eigenvalue weighted by Gasteiger charge is -2.22. The summed E-state index contributed by atoms with van der Waals surface area (Å²) >= 11 is 0. The predicted molar refractivity (Wildman–Crippen MR) is 145 cm³/mol. The van der Waals surface area contributed by atoms with Crippen LogP contribution in [-0.2, 0) is 27.3 Å². The van der Waals surface area contributed by atoms with E-state index in [9.17, 15) is 29.4 Å². The Bertz CT molecular complexity index is 1630. The number of hydrogen-bond donors (Lipinski definition) is 5. The number of aromatic amines is 1. The average Bonchev–Trinajstić information content (AvgIpc) is 3.25. The highest BCUT2D eigenvalue weighted by molar-refractivity contribution is 5.91. The molecule has 1 aliphatic heterocycles. The standard InChI is InChI=1S/C29H28N4O7/c34-22-13-14-33(29(39)32-22)28-24(36)23(35)25(40-28)27(38)31-21(15-17-7-2-1-3-8-17)26(37)30-16-19-11-6-10-18-9-4-5-12-20(18)19/h1-14,21,23-25,28,35-36H,15-16H2,(H,30,37)(H,31,38)(H,32,34,39)/t21-,23+,24-,25+,28-/m1/s1. The smallest absolute Gasteiger partial charge is 0.330 e. The molecule has 1 fully saturated rings. The lowest BCUT2D eigenvalue weighted by molar-refractivity contribution is -0.141. The maximum Gasteiger partial charge on any atom is 0.330 e. The van der Waals surface area contributed by atoms with Gasteiger partial charge in [-0.3, -0.25) is 23.9 Å². The van der Waals surface area contributed by atoms with Crippen molar-refractivity contribution in [2.45, 2.75) is 43.5 Å². The van der Waals surface area contributed by atoms with E-state index < -0.39 is 53.6 Å². The fraction of sp³-hybridized carbons (Fsp3) is 0.241. The van der Waals surface area contributed by atoms with E-state index in [2.05, 4.69) is 10.6 Å². The Morgan fingerprint density at radius 2 is 1.65 bits per heavy atom. The SMILES string of the molecule is O=C(N[C@H](Cc1ccccc1)C(=O)NCc1cccc2ccccc12)[C@H]1O[C@@H](n2ccc(=O)[nH]c2=O)[C@H](O)[C@@H]1O. The van der Waals surface area contributed by atoms with Crippen molar-refractivity contribution < 1.29 is 24.5 Å². The van der Waals surface area contributed by atoms with Gasteiger partial charge in [-0.2, -0.15) is 0 Å². The van der Waals surface area contributed by atoms with Gasteiger partial charge in [0.2, 0.25) is 5.91 Å². The van der Waals surface area contributed by atoms with Gasteiger partial charge in [-0.25, -0.2) is 4.79 Å². The van der Waals surface area contributed by atoms with Crippen LogP contribution in [-0.4, -0.2) is 55.9 Å². The van der Waals surface area contributed by atoms with Crippen LogP contribution >= 0.6 is 0 Å². The van der Waals surface area contributed by atoms with Crippen molar-refractivity contribution in [1.29, 1.82) is 0 Å². The van der Waals surface area contributed by atoms with Crippen LogP contribution in [0.3, 0.4) is 0 Å². The molecule has 0 bridgehead atoms. The highest BCUT2D eigenvalue weighted by Crippen LogP contribution is 2.28. The van der Waals surface area contributed by atoms with Gasteiger partial charge in [-0.15, -0.1) is 0 Å². The summed E-state index contributed by atoms with van der Waals surface area (Å²) in [5, 5.41) is 28.6. The summed E-state index contributed by atoms with van der Waals surface area (Å²) in [7, 11) is 0. The van der Waals surface area contributed by atoms with Crippen LogP contribution in [0.2, 0.25) is 0 Å². The average molecular weight is 545 g/mol. The summed E-state index contributed by atoms with van der Waals surface area (Å²) in [5.41, 5.74) is 0.170. The molecule has 206 valence electrons. The molecule has 11 nitrogen and oxygen atoms in total. The van der Waals surface area contributed by atoms with Gasteiger partial charge in [0.15, 0.2) is 12.3 Å². The summed E-state index contributed by atoms with van der Waals surface area (Å²) in [5.74, 6) is -1.29. The Morgan fingerprint density at radius 3 is 2.42 bits per heavy atom. The molecule has 5 atom stereocenters. The van der Waals surface area contributed by atoms with Gasteiger partial charge in [0, 0.05) is 25.2 Å². The van der Waals surface area contributed by atoms with E-state index in [1.165, 1.54) is 0 Å². The quantitative estimate of drug-likeness (QED) is 0.214. The van der Waals surface area contributed by atoms with Crippen molar-refractivity contribution in [3.8, 4) is 0 Å². The summed E-state index contributed by atoms with van der Waals surface area (Å²) < 4.78 is 6.44. The number of aliphatic hydroxyl groups is 2. The van der Waals surface area contributed by atoms with Crippen molar-refractivity contribution in [2.75, 3.05) is 0 Å². The second-order valence-electron chi connectivity index (χ2n) is 9.55. The van der Waals surface area contributed by atoms with Gasteiger partial charge in [0.1, 0.15) is 18.2 Å². The third kappa shape index (κ3) is 5.71. The van der Waals surface area contributed by atoms with Crippen LogP contribution in [0.25, 0.3) is 10.8 Å². The molecule has 0 saturated carbocycles. The number of H-pyrrole nitrogens is 1. The zero-order chi connectivity index (χ0) is 28.2. The Kier molecular flexibility index (Phi) is 7.87. The number of benzene rings is 3. The first-order chi connectivity index (χ1) is 19.3. The van der Waals surface area contributed by atoms with Gasteiger partial charge >= 0.3 is 5.69 Å². The maximum atomic E-state index is 13.4. The van der Waals surface area contributed by atoms with E-state index in [0.29, 0.717) is 0 Å². The van der Waals surface area contributed by atoms with Crippen LogP contribution in [0.5, 0.6) is 0 Å². The molecule has 0 aliphatic carbocycles. The molecule has 3 aromatic carbocycles. The molecule has 0 spiro atoms. The van der Waals surface area contributed by atoms with E-state index in [1.54, 1.807) is 0 Å². The van der Waals surface area contributed by atoms with Crippen molar-refractivity contribution in [3.05, 3.63) is 117 Å². The molecule has 2 heterocycles. The zero-order valence-electron chi connectivity index (χ0n) is 21.3. The molecule has 4 aromatic rings. The Hall–Kier alpha value is -4.58. The normalized spacial score (nSPS) is 21.1. The van der Waals surface area contributed by atoms with Gasteiger partial charge < -0.3 is 25.6 Å². The molecule has 0 radical (unpaired) electrons. The number of carbonyl (C=O) groups is 2. The molecule has 11 heteroatoms. The summed E-state index contributed by atoms with van der Waals surface area (Å²) in [4.78, 5) is 52.2. The molecule has 5 N–H and O–H groups in total. The third-order valence-corrected chi connectivity index (χ3v) is 6.87. The fourth-order valence-electron chi connectivity index (χ4n) is 4.80. The van der Waals surface area contributed by atoms with Crippen LogP contribution < -0.4 is 21.9 Å². The maximum absolute atomic E-state index is 13.4. The summed E-state index contributed by atoms with van der Waals surface area (Å²) in [6, 6.07) is 22.7. The second kappa shape index (κ2) is 11.7. The first-order valence-electron chi connectivity index (χ1n) is 12.7. The number of aliphatic hydroxyl groups excluding tert-OH is 2. The van der Waals surface area contributed by atoms with Crippen LogP contribution in [0.4, 0.5) is 0 Å². The number of rotatable bonds is 8. The number of ether oxygens (including phenoxy) is 1. The fourth-order valence-corrected chi connectivity index (χ4v) is 4.80. The van der Waals surface area contributed by atoms with Crippen molar-refractivity contribution in [2.24, 2.45) is 0 Å².